The van der Waals surface area contributed by atoms with E-state index in [-0.39, 0.29) is 5.92 Å². The van der Waals surface area contributed by atoms with Gasteiger partial charge in [-0.3, -0.25) is 0 Å². The SMILES string of the molecule is C/C=C/[C@@H]([C@H](C)C=O)[Si](C)(C)c1ccccc1. The molecule has 0 radical (unpaired) electrons. The number of hydrogen-bond acceptors (Lipinski definition) is 1. The van der Waals surface area contributed by atoms with Gasteiger partial charge in [0.2, 0.25) is 0 Å². The minimum Gasteiger partial charge on any atom is -0.303 e. The van der Waals surface area contributed by atoms with E-state index in [0.29, 0.717) is 5.54 Å². The minimum atomic E-state index is -1.63. The second-order valence-corrected chi connectivity index (χ2v) is 9.82. The third-order valence-electron chi connectivity index (χ3n) is 3.53. The number of carbonyl (C=O) groups is 1. The first-order chi connectivity index (χ1) is 8.04. The van der Waals surface area contributed by atoms with E-state index in [1.807, 2.05) is 19.9 Å². The van der Waals surface area contributed by atoms with Crippen molar-refractivity contribution in [1.82, 2.24) is 0 Å². The maximum Gasteiger partial charge on any atom is 0.123 e. The summed E-state index contributed by atoms with van der Waals surface area (Å²) in [4.78, 5) is 11.1. The minimum absolute atomic E-state index is 0.0908. The van der Waals surface area contributed by atoms with Crippen LogP contribution in [0.4, 0.5) is 0 Å². The number of aldehydes is 1. The van der Waals surface area contributed by atoms with Crippen LogP contribution in [-0.2, 0) is 4.79 Å². The van der Waals surface area contributed by atoms with Crippen LogP contribution in [-0.4, -0.2) is 14.4 Å². The summed E-state index contributed by atoms with van der Waals surface area (Å²) in [6, 6.07) is 10.6. The van der Waals surface area contributed by atoms with Gasteiger partial charge in [0.05, 0.1) is 8.07 Å². The van der Waals surface area contributed by atoms with Gasteiger partial charge in [-0.25, -0.2) is 0 Å². The molecular formula is C15H22OSi. The van der Waals surface area contributed by atoms with Crippen LogP contribution < -0.4 is 5.19 Å². The lowest BCUT2D eigenvalue weighted by atomic mass is 10.1. The molecule has 0 N–H and O–H groups in total. The first-order valence-electron chi connectivity index (χ1n) is 6.17. The Morgan fingerprint density at radius 2 is 1.76 bits per heavy atom. The quantitative estimate of drug-likeness (QED) is 0.442. The standard InChI is InChI=1S/C15H22OSi/c1-5-9-15(13(2)12-16)17(3,4)14-10-7-6-8-11-14/h5-13,15H,1-4H3/b9-5+/t13-,15+/m1/s1. The Balaban J connectivity index is 3.12. The zero-order valence-electron chi connectivity index (χ0n) is 11.2. The summed E-state index contributed by atoms with van der Waals surface area (Å²) in [5.41, 5.74) is 0.368. The van der Waals surface area contributed by atoms with Crippen LogP contribution in [0.15, 0.2) is 42.5 Å². The summed E-state index contributed by atoms with van der Waals surface area (Å²) in [5.74, 6) is 0.0908. The van der Waals surface area contributed by atoms with E-state index in [9.17, 15) is 4.79 Å². The van der Waals surface area contributed by atoms with Crippen LogP contribution >= 0.6 is 0 Å². The molecular weight excluding hydrogens is 224 g/mol. The first kappa shape index (κ1) is 13.9. The lowest BCUT2D eigenvalue weighted by molar-refractivity contribution is -0.110. The summed E-state index contributed by atoms with van der Waals surface area (Å²) >= 11 is 0. The fourth-order valence-electron chi connectivity index (χ4n) is 2.43. The van der Waals surface area contributed by atoms with E-state index in [1.54, 1.807) is 0 Å². The van der Waals surface area contributed by atoms with Crippen molar-refractivity contribution in [1.29, 1.82) is 0 Å². The van der Waals surface area contributed by atoms with E-state index in [4.69, 9.17) is 0 Å². The summed E-state index contributed by atoms with van der Waals surface area (Å²) in [5, 5.41) is 1.41. The van der Waals surface area contributed by atoms with Crippen molar-refractivity contribution in [2.75, 3.05) is 0 Å². The Kier molecular flexibility index (Phi) is 4.88. The number of benzene rings is 1. The Morgan fingerprint density at radius 1 is 1.18 bits per heavy atom. The van der Waals surface area contributed by atoms with Gasteiger partial charge in [-0.15, -0.1) is 0 Å². The van der Waals surface area contributed by atoms with Gasteiger partial charge < -0.3 is 4.79 Å². The monoisotopic (exact) mass is 246 g/mol. The van der Waals surface area contributed by atoms with Gasteiger partial charge in [0.15, 0.2) is 0 Å². The van der Waals surface area contributed by atoms with Crippen molar-refractivity contribution >= 4 is 19.5 Å². The van der Waals surface area contributed by atoms with E-state index < -0.39 is 8.07 Å². The number of carbonyl (C=O) groups excluding carboxylic acids is 1. The lowest BCUT2D eigenvalue weighted by Crippen LogP contribution is -2.47. The molecule has 2 atom stereocenters. The maximum absolute atomic E-state index is 11.1. The third-order valence-corrected chi connectivity index (χ3v) is 7.74. The predicted octanol–water partition coefficient (Wildman–Crippen LogP) is 3.38. The van der Waals surface area contributed by atoms with Crippen LogP contribution in [0.3, 0.4) is 0 Å². The van der Waals surface area contributed by atoms with Gasteiger partial charge in [0, 0.05) is 5.92 Å². The molecule has 1 rings (SSSR count). The second-order valence-electron chi connectivity index (χ2n) is 5.13. The number of allylic oxidation sites excluding steroid dienone is 2. The van der Waals surface area contributed by atoms with Crippen molar-refractivity contribution in [3.8, 4) is 0 Å². The van der Waals surface area contributed by atoms with E-state index in [1.165, 1.54) is 5.19 Å². The predicted molar refractivity (Wildman–Crippen MR) is 77.4 cm³/mol. The van der Waals surface area contributed by atoms with Crippen LogP contribution in [0.5, 0.6) is 0 Å². The molecule has 0 aliphatic rings. The highest BCUT2D eigenvalue weighted by Gasteiger charge is 2.35. The van der Waals surface area contributed by atoms with Gasteiger partial charge in [-0.05, 0) is 12.5 Å². The molecule has 1 nitrogen and oxygen atoms in total. The molecule has 17 heavy (non-hydrogen) atoms. The van der Waals surface area contributed by atoms with Crippen molar-refractivity contribution in [3.63, 3.8) is 0 Å². The molecule has 2 heteroatoms. The second kappa shape index (κ2) is 5.96. The number of hydrogen-bond donors (Lipinski definition) is 0. The fourth-order valence-corrected chi connectivity index (χ4v) is 5.93. The highest BCUT2D eigenvalue weighted by molar-refractivity contribution is 6.91. The average Bonchev–Trinajstić information content (AvgIpc) is 2.36. The van der Waals surface area contributed by atoms with Crippen LogP contribution in [0.1, 0.15) is 13.8 Å². The van der Waals surface area contributed by atoms with Gasteiger partial charge in [0.1, 0.15) is 6.29 Å². The molecule has 0 spiro atoms. The lowest BCUT2D eigenvalue weighted by Gasteiger charge is -2.33. The Morgan fingerprint density at radius 3 is 2.24 bits per heavy atom. The Hall–Kier alpha value is -1.15. The molecule has 0 unspecified atom stereocenters. The molecule has 0 aromatic heterocycles. The molecule has 0 saturated heterocycles. The summed E-state index contributed by atoms with van der Waals surface area (Å²) in [7, 11) is -1.63. The van der Waals surface area contributed by atoms with E-state index >= 15 is 0 Å². The Labute approximate surface area is 106 Å². The molecule has 0 saturated carbocycles. The fraction of sp³-hybridized carbons (Fsp3) is 0.400. The van der Waals surface area contributed by atoms with E-state index in [2.05, 4.69) is 49.5 Å². The third kappa shape index (κ3) is 3.16. The molecule has 0 amide bonds. The van der Waals surface area contributed by atoms with Crippen LogP contribution in [0.25, 0.3) is 0 Å². The molecule has 0 aliphatic heterocycles. The highest BCUT2D eigenvalue weighted by Crippen LogP contribution is 2.30. The molecule has 0 bridgehead atoms. The molecule has 1 aromatic carbocycles. The summed E-state index contributed by atoms with van der Waals surface area (Å²) in [6.45, 7) is 8.73. The van der Waals surface area contributed by atoms with E-state index in [0.717, 1.165) is 6.29 Å². The van der Waals surface area contributed by atoms with Crippen molar-refractivity contribution < 1.29 is 4.79 Å². The molecule has 0 fully saturated rings. The molecule has 0 heterocycles. The van der Waals surface area contributed by atoms with Crippen LogP contribution in [0.2, 0.25) is 18.6 Å². The zero-order valence-corrected chi connectivity index (χ0v) is 12.2. The number of rotatable bonds is 5. The van der Waals surface area contributed by atoms with Gasteiger partial charge in [0.25, 0.3) is 0 Å². The largest absolute Gasteiger partial charge is 0.303 e. The Bertz CT molecular complexity index is 381. The normalized spacial score (nSPS) is 15.8. The summed E-state index contributed by atoms with van der Waals surface area (Å²) < 4.78 is 0. The highest BCUT2D eigenvalue weighted by atomic mass is 28.3. The maximum atomic E-state index is 11.1. The topological polar surface area (TPSA) is 17.1 Å². The zero-order chi connectivity index (χ0) is 12.9. The first-order valence-corrected chi connectivity index (χ1v) is 9.25. The summed E-state index contributed by atoms with van der Waals surface area (Å²) in [6.07, 6.45) is 5.36. The molecule has 92 valence electrons. The van der Waals surface area contributed by atoms with Crippen molar-refractivity contribution in [3.05, 3.63) is 42.5 Å². The average molecular weight is 246 g/mol. The molecule has 0 aliphatic carbocycles. The van der Waals surface area contributed by atoms with Crippen molar-refractivity contribution in [2.45, 2.75) is 32.5 Å². The van der Waals surface area contributed by atoms with Crippen LogP contribution in [0, 0.1) is 5.92 Å². The van der Waals surface area contributed by atoms with Gasteiger partial charge in [-0.2, -0.15) is 0 Å². The molecule has 1 aromatic rings. The van der Waals surface area contributed by atoms with Gasteiger partial charge >= 0.3 is 0 Å². The van der Waals surface area contributed by atoms with Crippen molar-refractivity contribution in [2.24, 2.45) is 5.92 Å². The smallest absolute Gasteiger partial charge is 0.123 e. The van der Waals surface area contributed by atoms with Gasteiger partial charge in [-0.1, -0.05) is 67.7 Å².